The average Bonchev–Trinajstić information content (AvgIpc) is 2.67. The Morgan fingerprint density at radius 3 is 2.35 bits per heavy atom. The Hall–Kier alpha value is -3.03. The van der Waals surface area contributed by atoms with Crippen LogP contribution in [0.4, 0.5) is 14.7 Å². The monoisotopic (exact) mass is 360 g/mol. The molecule has 0 radical (unpaired) electrons. The van der Waals surface area contributed by atoms with Crippen molar-refractivity contribution in [2.45, 2.75) is 6.61 Å². The summed E-state index contributed by atoms with van der Waals surface area (Å²) in [5.41, 5.74) is 0.733. The van der Waals surface area contributed by atoms with E-state index in [4.69, 9.17) is 0 Å². The van der Waals surface area contributed by atoms with E-state index in [0.717, 1.165) is 5.56 Å². The van der Waals surface area contributed by atoms with Gasteiger partial charge in [-0.2, -0.15) is 8.78 Å². The number of rotatable bonds is 5. The molecule has 1 amide bonds. The first-order valence-electron chi connectivity index (χ1n) is 8.15. The van der Waals surface area contributed by atoms with Gasteiger partial charge in [-0.25, -0.2) is 9.97 Å². The van der Waals surface area contributed by atoms with E-state index in [2.05, 4.69) is 14.7 Å². The first-order chi connectivity index (χ1) is 12.6. The van der Waals surface area contributed by atoms with Crippen LogP contribution in [0.15, 0.2) is 48.8 Å². The summed E-state index contributed by atoms with van der Waals surface area (Å²) in [4.78, 5) is 24.5. The normalized spacial score (nSPS) is 14.9. The van der Waals surface area contributed by atoms with Gasteiger partial charge < -0.3 is 14.5 Å². The van der Waals surface area contributed by atoms with Crippen LogP contribution in [0.5, 0.6) is 5.75 Å². The second-order valence-electron chi connectivity index (χ2n) is 5.64. The fraction of sp³-hybridized carbons (Fsp3) is 0.278. The summed E-state index contributed by atoms with van der Waals surface area (Å²) >= 11 is 0. The molecular formula is C18H18F2N4O2. The highest BCUT2D eigenvalue weighted by Crippen LogP contribution is 2.16. The lowest BCUT2D eigenvalue weighted by Crippen LogP contribution is -2.48. The molecule has 1 saturated heterocycles. The second-order valence-corrected chi connectivity index (χ2v) is 5.64. The molecular weight excluding hydrogens is 342 g/mol. The SMILES string of the molecule is O=C(C=Cc1ccc(OC(F)F)cc1)N1CCN(c2ncccn2)CC1. The lowest BCUT2D eigenvalue weighted by atomic mass is 10.2. The third-order valence-electron chi connectivity index (χ3n) is 3.95. The lowest BCUT2D eigenvalue weighted by Gasteiger charge is -2.34. The molecule has 2 aromatic rings. The van der Waals surface area contributed by atoms with Crippen LogP contribution in [0.2, 0.25) is 0 Å². The Morgan fingerprint density at radius 2 is 1.73 bits per heavy atom. The van der Waals surface area contributed by atoms with Gasteiger partial charge >= 0.3 is 6.61 Å². The number of aromatic nitrogens is 2. The molecule has 0 aliphatic carbocycles. The minimum atomic E-state index is -2.85. The molecule has 0 spiro atoms. The Morgan fingerprint density at radius 1 is 1.08 bits per heavy atom. The Labute approximate surface area is 149 Å². The summed E-state index contributed by atoms with van der Waals surface area (Å²) in [6.45, 7) is -0.338. The molecule has 136 valence electrons. The number of piperazine rings is 1. The molecule has 0 saturated carbocycles. The van der Waals surface area contributed by atoms with E-state index in [1.807, 2.05) is 4.90 Å². The molecule has 0 N–H and O–H groups in total. The van der Waals surface area contributed by atoms with E-state index < -0.39 is 6.61 Å². The van der Waals surface area contributed by atoms with Gasteiger partial charge in [0.1, 0.15) is 5.75 Å². The lowest BCUT2D eigenvalue weighted by molar-refractivity contribution is -0.126. The summed E-state index contributed by atoms with van der Waals surface area (Å²) in [6.07, 6.45) is 6.53. The number of halogens is 2. The van der Waals surface area contributed by atoms with Crippen LogP contribution >= 0.6 is 0 Å². The summed E-state index contributed by atoms with van der Waals surface area (Å²) in [5, 5.41) is 0. The Balaban J connectivity index is 1.51. The maximum Gasteiger partial charge on any atom is 0.387 e. The smallest absolute Gasteiger partial charge is 0.387 e. The van der Waals surface area contributed by atoms with Crippen molar-refractivity contribution in [3.63, 3.8) is 0 Å². The molecule has 1 aliphatic rings. The van der Waals surface area contributed by atoms with Crippen LogP contribution in [0.25, 0.3) is 6.08 Å². The second kappa shape index (κ2) is 8.37. The highest BCUT2D eigenvalue weighted by atomic mass is 19.3. The number of ether oxygens (including phenoxy) is 1. The molecule has 3 rings (SSSR count). The standard InChI is InChI=1S/C18H18F2N4O2/c19-17(20)26-15-5-2-14(3-6-15)4-7-16(25)23-10-12-24(13-11-23)18-21-8-1-9-22-18/h1-9,17H,10-13H2. The number of benzene rings is 1. The quantitative estimate of drug-likeness (QED) is 0.767. The molecule has 1 aliphatic heterocycles. The van der Waals surface area contributed by atoms with Crippen molar-refractivity contribution in [3.8, 4) is 5.75 Å². The van der Waals surface area contributed by atoms with Gasteiger partial charge in [-0.1, -0.05) is 12.1 Å². The third-order valence-corrected chi connectivity index (χ3v) is 3.95. The molecule has 1 fully saturated rings. The zero-order valence-corrected chi connectivity index (χ0v) is 14.0. The first kappa shape index (κ1) is 17.8. The zero-order chi connectivity index (χ0) is 18.4. The number of carbonyl (C=O) groups is 1. The topological polar surface area (TPSA) is 58.6 Å². The minimum absolute atomic E-state index is 0.0859. The molecule has 0 unspecified atom stereocenters. The highest BCUT2D eigenvalue weighted by Gasteiger charge is 2.20. The van der Waals surface area contributed by atoms with E-state index in [1.165, 1.54) is 18.2 Å². The maximum absolute atomic E-state index is 12.3. The molecule has 6 nitrogen and oxygen atoms in total. The predicted molar refractivity (Wildman–Crippen MR) is 92.9 cm³/mol. The van der Waals surface area contributed by atoms with E-state index >= 15 is 0 Å². The van der Waals surface area contributed by atoms with Gasteiger partial charge in [-0.05, 0) is 29.8 Å². The van der Waals surface area contributed by atoms with Crippen molar-refractivity contribution in [1.82, 2.24) is 14.9 Å². The number of carbonyl (C=O) groups excluding carboxylic acids is 1. The van der Waals surface area contributed by atoms with Gasteiger partial charge in [-0.15, -0.1) is 0 Å². The summed E-state index contributed by atoms with van der Waals surface area (Å²) < 4.78 is 28.5. The maximum atomic E-state index is 12.3. The third kappa shape index (κ3) is 4.75. The number of hydrogen-bond donors (Lipinski definition) is 0. The van der Waals surface area contributed by atoms with Gasteiger partial charge in [0.15, 0.2) is 0 Å². The van der Waals surface area contributed by atoms with Crippen LogP contribution in [0.3, 0.4) is 0 Å². The number of amides is 1. The van der Waals surface area contributed by atoms with Crippen LogP contribution in [0, 0.1) is 0 Å². The average molecular weight is 360 g/mol. The molecule has 1 aromatic heterocycles. The number of anilines is 1. The van der Waals surface area contributed by atoms with E-state index in [0.29, 0.717) is 32.1 Å². The molecule has 1 aromatic carbocycles. The van der Waals surface area contributed by atoms with Crippen molar-refractivity contribution < 1.29 is 18.3 Å². The van der Waals surface area contributed by atoms with Crippen LogP contribution in [-0.2, 0) is 4.79 Å². The van der Waals surface area contributed by atoms with Crippen molar-refractivity contribution in [2.75, 3.05) is 31.1 Å². The van der Waals surface area contributed by atoms with Gasteiger partial charge in [0.2, 0.25) is 11.9 Å². The van der Waals surface area contributed by atoms with Gasteiger partial charge in [0.05, 0.1) is 0 Å². The van der Waals surface area contributed by atoms with E-state index in [-0.39, 0.29) is 11.7 Å². The molecule has 0 atom stereocenters. The molecule has 8 heteroatoms. The summed E-state index contributed by atoms with van der Waals surface area (Å²) in [7, 11) is 0. The molecule has 26 heavy (non-hydrogen) atoms. The number of hydrogen-bond acceptors (Lipinski definition) is 5. The van der Waals surface area contributed by atoms with Gasteiger partial charge in [0.25, 0.3) is 0 Å². The fourth-order valence-corrected chi connectivity index (χ4v) is 2.61. The summed E-state index contributed by atoms with van der Waals surface area (Å²) in [5.74, 6) is 0.663. The number of alkyl halides is 2. The summed E-state index contributed by atoms with van der Waals surface area (Å²) in [6, 6.07) is 7.88. The van der Waals surface area contributed by atoms with Crippen molar-refractivity contribution in [1.29, 1.82) is 0 Å². The van der Waals surface area contributed by atoms with Crippen molar-refractivity contribution in [3.05, 3.63) is 54.4 Å². The molecule has 0 bridgehead atoms. The van der Waals surface area contributed by atoms with Crippen molar-refractivity contribution in [2.24, 2.45) is 0 Å². The van der Waals surface area contributed by atoms with Crippen LogP contribution < -0.4 is 9.64 Å². The Bertz CT molecular complexity index is 746. The van der Waals surface area contributed by atoms with Crippen LogP contribution in [-0.4, -0.2) is 53.6 Å². The van der Waals surface area contributed by atoms with Crippen molar-refractivity contribution >= 4 is 17.9 Å². The zero-order valence-electron chi connectivity index (χ0n) is 14.0. The predicted octanol–water partition coefficient (Wildman–Crippen LogP) is 2.44. The minimum Gasteiger partial charge on any atom is -0.435 e. The first-order valence-corrected chi connectivity index (χ1v) is 8.15. The van der Waals surface area contributed by atoms with E-state index in [1.54, 1.807) is 41.6 Å². The van der Waals surface area contributed by atoms with Gasteiger partial charge in [-0.3, -0.25) is 4.79 Å². The molecule has 2 heterocycles. The van der Waals surface area contributed by atoms with E-state index in [9.17, 15) is 13.6 Å². The highest BCUT2D eigenvalue weighted by molar-refractivity contribution is 5.92. The number of nitrogens with zero attached hydrogens (tertiary/aromatic N) is 4. The van der Waals surface area contributed by atoms with Crippen LogP contribution in [0.1, 0.15) is 5.56 Å². The largest absolute Gasteiger partial charge is 0.435 e. The Kier molecular flexibility index (Phi) is 5.73. The fourth-order valence-electron chi connectivity index (χ4n) is 2.61. The van der Waals surface area contributed by atoms with Gasteiger partial charge in [0, 0.05) is 44.6 Å².